The third-order valence-electron chi connectivity index (χ3n) is 2.05. The quantitative estimate of drug-likeness (QED) is 0.721. The van der Waals surface area contributed by atoms with Crippen molar-refractivity contribution in [3.63, 3.8) is 0 Å². The number of unbranched alkanes of at least 4 members (excludes halogenated alkanes) is 1. The lowest BCUT2D eigenvalue weighted by atomic mass is 9.91. The van der Waals surface area contributed by atoms with E-state index in [0.29, 0.717) is 13.3 Å². The van der Waals surface area contributed by atoms with Crippen molar-refractivity contribution in [1.29, 1.82) is 0 Å². The Morgan fingerprint density at radius 1 is 1.07 bits per heavy atom. The van der Waals surface area contributed by atoms with Crippen molar-refractivity contribution in [3.05, 3.63) is 0 Å². The largest absolute Gasteiger partial charge is 0.456 e. The fourth-order valence-electron chi connectivity index (χ4n) is 0.983. The molecule has 0 rings (SSSR count). The fraction of sp³-hybridized carbons (Fsp3) is 1.00. The maximum Gasteiger partial charge on any atom is 0.456 e. The molecule has 6 heteroatoms. The summed E-state index contributed by atoms with van der Waals surface area (Å²) in [6, 6.07) is 0. The number of halogens is 5. The van der Waals surface area contributed by atoms with Crippen LogP contribution in [0, 0.1) is 0 Å². The van der Waals surface area contributed by atoms with E-state index in [4.69, 9.17) is 5.11 Å². The molecular weight excluding hydrogens is 207 g/mol. The topological polar surface area (TPSA) is 20.2 Å². The molecule has 86 valence electrons. The van der Waals surface area contributed by atoms with E-state index >= 15 is 0 Å². The average molecular weight is 220 g/mol. The minimum atomic E-state index is -5.70. The SMILES string of the molecule is CCCCC(C)(O)C(F)(F)C(F)(F)F. The highest BCUT2D eigenvalue weighted by Crippen LogP contribution is 2.45. The molecule has 0 aromatic carbocycles. The molecule has 0 aromatic heterocycles. The van der Waals surface area contributed by atoms with E-state index in [0.717, 1.165) is 0 Å². The molecule has 0 radical (unpaired) electrons. The lowest BCUT2D eigenvalue weighted by Gasteiger charge is -2.33. The predicted molar refractivity (Wildman–Crippen MR) is 41.2 cm³/mol. The number of alkyl halides is 5. The second-order valence-electron chi connectivity index (χ2n) is 3.45. The molecule has 0 spiro atoms. The third-order valence-corrected chi connectivity index (χ3v) is 2.05. The third kappa shape index (κ3) is 2.56. The van der Waals surface area contributed by atoms with Gasteiger partial charge in [-0.2, -0.15) is 22.0 Å². The van der Waals surface area contributed by atoms with Gasteiger partial charge in [0, 0.05) is 0 Å². The van der Waals surface area contributed by atoms with Crippen LogP contribution in [0.3, 0.4) is 0 Å². The summed E-state index contributed by atoms with van der Waals surface area (Å²) in [7, 11) is 0. The molecule has 14 heavy (non-hydrogen) atoms. The Balaban J connectivity index is 4.69. The van der Waals surface area contributed by atoms with E-state index in [1.807, 2.05) is 0 Å². The lowest BCUT2D eigenvalue weighted by molar-refractivity contribution is -0.339. The summed E-state index contributed by atoms with van der Waals surface area (Å²) in [6.07, 6.45) is -5.71. The summed E-state index contributed by atoms with van der Waals surface area (Å²) >= 11 is 0. The molecule has 0 aliphatic heterocycles. The van der Waals surface area contributed by atoms with Crippen molar-refractivity contribution in [3.8, 4) is 0 Å². The Labute approximate surface area is 78.9 Å². The molecule has 1 N–H and O–H groups in total. The molecule has 1 nitrogen and oxygen atoms in total. The Kier molecular flexibility index (Phi) is 3.89. The summed E-state index contributed by atoms with van der Waals surface area (Å²) in [4.78, 5) is 0. The average Bonchev–Trinajstić information content (AvgIpc) is 1.98. The van der Waals surface area contributed by atoms with Crippen molar-refractivity contribution in [2.45, 2.75) is 50.8 Å². The zero-order chi connectivity index (χ0) is 11.6. The Hall–Kier alpha value is -0.390. The van der Waals surface area contributed by atoms with Crippen molar-refractivity contribution < 1.29 is 27.1 Å². The van der Waals surface area contributed by atoms with Gasteiger partial charge in [-0.05, 0) is 13.3 Å². The van der Waals surface area contributed by atoms with Gasteiger partial charge < -0.3 is 5.11 Å². The van der Waals surface area contributed by atoms with E-state index in [1.54, 1.807) is 6.92 Å². The van der Waals surface area contributed by atoms with Crippen molar-refractivity contribution in [2.75, 3.05) is 0 Å². The first-order valence-corrected chi connectivity index (χ1v) is 4.23. The molecule has 0 fully saturated rings. The Morgan fingerprint density at radius 2 is 1.50 bits per heavy atom. The molecule has 1 atom stereocenters. The van der Waals surface area contributed by atoms with Crippen LogP contribution in [0.4, 0.5) is 22.0 Å². The highest BCUT2D eigenvalue weighted by atomic mass is 19.4. The summed E-state index contributed by atoms with van der Waals surface area (Å²) < 4.78 is 60.9. The number of hydrogen-bond donors (Lipinski definition) is 1. The first-order valence-electron chi connectivity index (χ1n) is 4.23. The van der Waals surface area contributed by atoms with Crippen LogP contribution in [-0.2, 0) is 0 Å². The van der Waals surface area contributed by atoms with Gasteiger partial charge in [0.2, 0.25) is 0 Å². The molecular formula is C8H13F5O. The van der Waals surface area contributed by atoms with Crippen molar-refractivity contribution in [1.82, 2.24) is 0 Å². The van der Waals surface area contributed by atoms with E-state index in [9.17, 15) is 22.0 Å². The monoisotopic (exact) mass is 220 g/mol. The highest BCUT2D eigenvalue weighted by Gasteiger charge is 2.67. The van der Waals surface area contributed by atoms with Gasteiger partial charge >= 0.3 is 12.1 Å². The molecule has 0 bridgehead atoms. The smallest absolute Gasteiger partial charge is 0.384 e. The van der Waals surface area contributed by atoms with Gasteiger partial charge in [0.1, 0.15) is 5.60 Å². The number of hydrogen-bond acceptors (Lipinski definition) is 1. The zero-order valence-corrected chi connectivity index (χ0v) is 7.96. The van der Waals surface area contributed by atoms with Crippen LogP contribution in [0.5, 0.6) is 0 Å². The summed E-state index contributed by atoms with van der Waals surface area (Å²) in [5.74, 6) is -5.06. The van der Waals surface area contributed by atoms with Crippen LogP contribution in [0.1, 0.15) is 33.1 Å². The van der Waals surface area contributed by atoms with E-state index in [-0.39, 0.29) is 6.42 Å². The fourth-order valence-corrected chi connectivity index (χ4v) is 0.983. The summed E-state index contributed by atoms with van der Waals surface area (Å²) in [5, 5.41) is 9.04. The minimum Gasteiger partial charge on any atom is -0.384 e. The molecule has 0 saturated heterocycles. The Bertz CT molecular complexity index is 185. The lowest BCUT2D eigenvalue weighted by Crippen LogP contribution is -2.55. The summed E-state index contributed by atoms with van der Waals surface area (Å²) in [5.41, 5.74) is -3.03. The standard InChI is InChI=1S/C8H13F5O/c1-3-4-5-6(2,14)7(9,10)8(11,12)13/h14H,3-5H2,1-2H3. The van der Waals surface area contributed by atoms with Crippen molar-refractivity contribution >= 4 is 0 Å². The zero-order valence-electron chi connectivity index (χ0n) is 7.96. The number of aliphatic hydroxyl groups is 1. The Morgan fingerprint density at radius 3 is 1.79 bits per heavy atom. The molecule has 0 amide bonds. The molecule has 0 saturated carbocycles. The highest BCUT2D eigenvalue weighted by molar-refractivity contribution is 4.94. The van der Waals surface area contributed by atoms with Crippen LogP contribution >= 0.6 is 0 Å². The van der Waals surface area contributed by atoms with Gasteiger partial charge in [0.15, 0.2) is 0 Å². The predicted octanol–water partition coefficient (Wildman–Crippen LogP) is 3.13. The first-order chi connectivity index (χ1) is 6.06. The van der Waals surface area contributed by atoms with Crippen LogP contribution in [0.15, 0.2) is 0 Å². The molecule has 1 unspecified atom stereocenters. The van der Waals surface area contributed by atoms with Gasteiger partial charge in [-0.15, -0.1) is 0 Å². The van der Waals surface area contributed by atoms with Gasteiger partial charge in [-0.1, -0.05) is 19.8 Å². The van der Waals surface area contributed by atoms with Crippen LogP contribution in [0.25, 0.3) is 0 Å². The van der Waals surface area contributed by atoms with Crippen LogP contribution < -0.4 is 0 Å². The number of rotatable bonds is 4. The van der Waals surface area contributed by atoms with E-state index in [1.165, 1.54) is 0 Å². The maximum absolute atomic E-state index is 12.7. The van der Waals surface area contributed by atoms with Gasteiger partial charge in [-0.25, -0.2) is 0 Å². The second-order valence-corrected chi connectivity index (χ2v) is 3.45. The minimum absolute atomic E-state index is 0.124. The first kappa shape index (κ1) is 13.6. The van der Waals surface area contributed by atoms with E-state index < -0.39 is 24.1 Å². The normalized spacial score (nSPS) is 18.0. The van der Waals surface area contributed by atoms with Crippen LogP contribution in [0.2, 0.25) is 0 Å². The maximum atomic E-state index is 12.7. The van der Waals surface area contributed by atoms with E-state index in [2.05, 4.69) is 0 Å². The van der Waals surface area contributed by atoms with Crippen LogP contribution in [-0.4, -0.2) is 22.8 Å². The van der Waals surface area contributed by atoms with Gasteiger partial charge in [0.25, 0.3) is 0 Å². The summed E-state index contributed by atoms with van der Waals surface area (Å²) in [6.45, 7) is 2.15. The second kappa shape index (κ2) is 4.00. The van der Waals surface area contributed by atoms with Crippen molar-refractivity contribution in [2.24, 2.45) is 0 Å². The van der Waals surface area contributed by atoms with Gasteiger partial charge in [0.05, 0.1) is 0 Å². The molecule has 0 aliphatic rings. The van der Waals surface area contributed by atoms with Gasteiger partial charge in [-0.3, -0.25) is 0 Å². The molecule has 0 aliphatic carbocycles. The molecule has 0 aromatic rings. The molecule has 0 heterocycles.